The Morgan fingerprint density at radius 3 is 2.62 bits per heavy atom. The number of aryl methyl sites for hydroxylation is 2. The fourth-order valence-corrected chi connectivity index (χ4v) is 5.18. The zero-order valence-corrected chi connectivity index (χ0v) is 20.2. The molecule has 1 fully saturated rings. The van der Waals surface area contributed by atoms with Crippen LogP contribution in [0.15, 0.2) is 54.7 Å². The molecule has 1 aliphatic rings. The topological polar surface area (TPSA) is 42.3 Å². The number of nitrogens with zero attached hydrogens (tertiary/aromatic N) is 3. The Bertz CT molecular complexity index is 1080. The quantitative estimate of drug-likeness (QED) is 0.385. The summed E-state index contributed by atoms with van der Waals surface area (Å²) in [6.45, 7) is 8.17. The number of para-hydroxylation sites is 1. The Balaban J connectivity index is 1.81. The standard InChI is InChI=1S/C26H32N4OS/c1-5-20-11-6-7-13-23(20)30-18(2)17-21(19(30)3)25-24(22-12-8-9-14-27-22)28-26(32)29(25)15-10-16-31-4/h6-9,11-14,17,24-25H,5,10,15-16H2,1-4H3,(H,28,32)/t24-,25+/m0/s1. The van der Waals surface area contributed by atoms with Gasteiger partial charge in [-0.2, -0.15) is 0 Å². The molecule has 1 aliphatic heterocycles. The largest absolute Gasteiger partial charge is 0.385 e. The van der Waals surface area contributed by atoms with E-state index in [2.05, 4.69) is 76.9 Å². The summed E-state index contributed by atoms with van der Waals surface area (Å²) in [6, 6.07) is 17.1. The van der Waals surface area contributed by atoms with Gasteiger partial charge in [0, 0.05) is 43.5 Å². The lowest BCUT2D eigenvalue weighted by atomic mass is 9.96. The van der Waals surface area contributed by atoms with Crippen LogP contribution >= 0.6 is 12.2 Å². The Morgan fingerprint density at radius 1 is 1.12 bits per heavy atom. The lowest BCUT2D eigenvalue weighted by Gasteiger charge is -2.28. The third kappa shape index (κ3) is 4.17. The highest BCUT2D eigenvalue weighted by molar-refractivity contribution is 7.80. The molecule has 2 atom stereocenters. The van der Waals surface area contributed by atoms with Gasteiger partial charge in [-0.05, 0) is 74.3 Å². The maximum Gasteiger partial charge on any atom is 0.170 e. The summed E-state index contributed by atoms with van der Waals surface area (Å²) in [6.07, 6.45) is 3.77. The molecule has 4 rings (SSSR count). The second-order valence-corrected chi connectivity index (χ2v) is 8.70. The van der Waals surface area contributed by atoms with Crippen LogP contribution in [0.4, 0.5) is 0 Å². The summed E-state index contributed by atoms with van der Waals surface area (Å²) in [5.74, 6) is 0. The zero-order chi connectivity index (χ0) is 22.7. The highest BCUT2D eigenvalue weighted by atomic mass is 32.1. The summed E-state index contributed by atoms with van der Waals surface area (Å²) < 4.78 is 7.70. The first-order valence-electron chi connectivity index (χ1n) is 11.3. The Hall–Kier alpha value is -2.70. The van der Waals surface area contributed by atoms with E-state index in [4.69, 9.17) is 17.0 Å². The average molecular weight is 449 g/mol. The van der Waals surface area contributed by atoms with Crippen LogP contribution in [0, 0.1) is 13.8 Å². The van der Waals surface area contributed by atoms with Crippen molar-refractivity contribution in [3.05, 3.63) is 82.9 Å². The number of hydrogen-bond donors (Lipinski definition) is 1. The number of ether oxygens (including phenoxy) is 1. The van der Waals surface area contributed by atoms with Crippen molar-refractivity contribution in [1.82, 2.24) is 19.8 Å². The Morgan fingerprint density at radius 2 is 1.91 bits per heavy atom. The monoisotopic (exact) mass is 448 g/mol. The molecule has 0 unspecified atom stereocenters. The van der Waals surface area contributed by atoms with Crippen molar-refractivity contribution in [2.75, 3.05) is 20.3 Å². The molecule has 0 bridgehead atoms. The average Bonchev–Trinajstić information content (AvgIpc) is 3.29. The number of thiocarbonyl (C=S) groups is 1. The Kier molecular flexibility index (Phi) is 6.92. The second-order valence-electron chi connectivity index (χ2n) is 8.31. The summed E-state index contributed by atoms with van der Waals surface area (Å²) >= 11 is 5.80. The van der Waals surface area contributed by atoms with Crippen LogP contribution in [-0.2, 0) is 11.2 Å². The number of benzene rings is 1. The van der Waals surface area contributed by atoms with Crippen LogP contribution in [0.5, 0.6) is 0 Å². The molecule has 0 amide bonds. The van der Waals surface area contributed by atoms with Crippen LogP contribution in [0.25, 0.3) is 5.69 Å². The predicted molar refractivity (Wildman–Crippen MR) is 133 cm³/mol. The number of pyridine rings is 1. The normalized spacial score (nSPS) is 18.2. The molecule has 1 N–H and O–H groups in total. The van der Waals surface area contributed by atoms with Gasteiger partial charge in [0.25, 0.3) is 0 Å². The van der Waals surface area contributed by atoms with Crippen LogP contribution in [0.2, 0.25) is 0 Å². The van der Waals surface area contributed by atoms with Crippen molar-refractivity contribution >= 4 is 17.3 Å². The van der Waals surface area contributed by atoms with E-state index in [1.54, 1.807) is 7.11 Å². The molecule has 3 aromatic rings. The number of nitrogens with one attached hydrogen (secondary N) is 1. The van der Waals surface area contributed by atoms with Crippen molar-refractivity contribution in [2.45, 2.75) is 45.7 Å². The van der Waals surface area contributed by atoms with Crippen molar-refractivity contribution in [2.24, 2.45) is 0 Å². The Labute approximate surface area is 196 Å². The van der Waals surface area contributed by atoms with E-state index in [-0.39, 0.29) is 12.1 Å². The highest BCUT2D eigenvalue weighted by Gasteiger charge is 2.41. The molecule has 0 saturated carbocycles. The summed E-state index contributed by atoms with van der Waals surface area (Å²) in [5, 5.41) is 4.34. The van der Waals surface area contributed by atoms with Gasteiger partial charge in [0.05, 0.1) is 17.8 Å². The van der Waals surface area contributed by atoms with E-state index >= 15 is 0 Å². The third-order valence-corrected chi connectivity index (χ3v) is 6.70. The molecular formula is C26H32N4OS. The molecule has 168 valence electrons. The highest BCUT2D eigenvalue weighted by Crippen LogP contribution is 2.41. The first-order valence-corrected chi connectivity index (χ1v) is 11.7. The van der Waals surface area contributed by atoms with Crippen LogP contribution in [0.1, 0.15) is 53.6 Å². The van der Waals surface area contributed by atoms with Gasteiger partial charge in [-0.25, -0.2) is 0 Å². The molecule has 6 heteroatoms. The lowest BCUT2D eigenvalue weighted by Crippen LogP contribution is -2.31. The molecule has 0 spiro atoms. The van der Waals surface area contributed by atoms with E-state index in [0.29, 0.717) is 6.61 Å². The van der Waals surface area contributed by atoms with E-state index in [9.17, 15) is 0 Å². The van der Waals surface area contributed by atoms with Gasteiger partial charge < -0.3 is 19.5 Å². The van der Waals surface area contributed by atoms with Crippen LogP contribution in [-0.4, -0.2) is 39.8 Å². The molecular weight excluding hydrogens is 416 g/mol. The van der Waals surface area contributed by atoms with E-state index in [1.165, 1.54) is 28.2 Å². The summed E-state index contributed by atoms with van der Waals surface area (Å²) in [5.41, 5.74) is 7.37. The molecule has 32 heavy (non-hydrogen) atoms. The predicted octanol–water partition coefficient (Wildman–Crippen LogP) is 5.06. The minimum absolute atomic E-state index is 0.00149. The lowest BCUT2D eigenvalue weighted by molar-refractivity contribution is 0.180. The summed E-state index contributed by atoms with van der Waals surface area (Å²) in [7, 11) is 1.74. The fraction of sp³-hybridized carbons (Fsp3) is 0.385. The maximum atomic E-state index is 5.80. The van der Waals surface area contributed by atoms with E-state index < -0.39 is 0 Å². The smallest absolute Gasteiger partial charge is 0.170 e. The van der Waals surface area contributed by atoms with Crippen molar-refractivity contribution < 1.29 is 4.74 Å². The molecule has 1 aromatic carbocycles. The van der Waals surface area contributed by atoms with Gasteiger partial charge in [-0.3, -0.25) is 4.98 Å². The van der Waals surface area contributed by atoms with Gasteiger partial charge >= 0.3 is 0 Å². The van der Waals surface area contributed by atoms with Gasteiger partial charge in [0.15, 0.2) is 5.11 Å². The minimum atomic E-state index is 0.00149. The number of hydrogen-bond acceptors (Lipinski definition) is 3. The molecule has 3 heterocycles. The van der Waals surface area contributed by atoms with Gasteiger partial charge in [0.2, 0.25) is 0 Å². The zero-order valence-electron chi connectivity index (χ0n) is 19.3. The van der Waals surface area contributed by atoms with Crippen LogP contribution in [0.3, 0.4) is 0 Å². The first-order chi connectivity index (χ1) is 15.6. The van der Waals surface area contributed by atoms with E-state index in [0.717, 1.165) is 30.2 Å². The fourth-order valence-electron chi connectivity index (χ4n) is 4.85. The second kappa shape index (κ2) is 9.84. The summed E-state index contributed by atoms with van der Waals surface area (Å²) in [4.78, 5) is 6.98. The van der Waals surface area contributed by atoms with Crippen LogP contribution < -0.4 is 5.32 Å². The van der Waals surface area contributed by atoms with Gasteiger partial charge in [-0.15, -0.1) is 0 Å². The van der Waals surface area contributed by atoms with Gasteiger partial charge in [-0.1, -0.05) is 31.2 Å². The number of aromatic nitrogens is 2. The number of methoxy groups -OCH3 is 1. The third-order valence-electron chi connectivity index (χ3n) is 6.35. The molecule has 2 aromatic heterocycles. The van der Waals surface area contributed by atoms with Crippen molar-refractivity contribution in [1.29, 1.82) is 0 Å². The maximum absolute atomic E-state index is 5.80. The SMILES string of the molecule is CCc1ccccc1-n1c(C)cc([C@@H]2[C@H](c3ccccn3)NC(=S)N2CCCOC)c1C. The number of rotatable bonds is 8. The molecule has 0 radical (unpaired) electrons. The minimum Gasteiger partial charge on any atom is -0.385 e. The molecule has 0 aliphatic carbocycles. The van der Waals surface area contributed by atoms with Crippen molar-refractivity contribution in [3.63, 3.8) is 0 Å². The molecule has 1 saturated heterocycles. The van der Waals surface area contributed by atoms with Crippen molar-refractivity contribution in [3.8, 4) is 5.69 Å². The molecule has 5 nitrogen and oxygen atoms in total. The van der Waals surface area contributed by atoms with E-state index in [1.807, 2.05) is 18.3 Å². The first kappa shape index (κ1) is 22.5. The van der Waals surface area contributed by atoms with Gasteiger partial charge in [0.1, 0.15) is 0 Å².